The average Bonchev–Trinajstić information content (AvgIpc) is 2.66. The van der Waals surface area contributed by atoms with Gasteiger partial charge in [0.1, 0.15) is 12.4 Å². The van der Waals surface area contributed by atoms with E-state index in [0.29, 0.717) is 13.0 Å². The Bertz CT molecular complexity index is 862. The van der Waals surface area contributed by atoms with E-state index in [1.807, 2.05) is 78.9 Å². The van der Waals surface area contributed by atoms with Crippen LogP contribution in [0.4, 0.5) is 11.4 Å². The molecule has 0 aliphatic heterocycles. The maximum Gasteiger partial charge on any atom is 0.303 e. The lowest BCUT2D eigenvalue weighted by Gasteiger charge is -2.12. The zero-order valence-corrected chi connectivity index (χ0v) is 14.4. The SMILES string of the molecule is O=C(O)CCc1ccccc1OCc1cccc(Nc2ccccc2)c1. The number of benzene rings is 3. The summed E-state index contributed by atoms with van der Waals surface area (Å²) in [5.74, 6) is -0.0744. The van der Waals surface area contributed by atoms with Gasteiger partial charge in [-0.15, -0.1) is 0 Å². The first-order valence-electron chi connectivity index (χ1n) is 8.54. The van der Waals surface area contributed by atoms with Crippen molar-refractivity contribution in [3.63, 3.8) is 0 Å². The molecule has 0 saturated heterocycles. The molecular formula is C22H21NO3. The minimum absolute atomic E-state index is 0.0941. The van der Waals surface area contributed by atoms with Crippen LogP contribution in [0.3, 0.4) is 0 Å². The Hall–Kier alpha value is -3.27. The molecule has 0 bridgehead atoms. The number of aryl methyl sites for hydroxylation is 1. The molecule has 4 heteroatoms. The van der Waals surface area contributed by atoms with Crippen LogP contribution in [-0.2, 0) is 17.8 Å². The number of para-hydroxylation sites is 2. The smallest absolute Gasteiger partial charge is 0.303 e. The third kappa shape index (κ3) is 5.11. The second-order valence-corrected chi connectivity index (χ2v) is 5.98. The lowest BCUT2D eigenvalue weighted by Crippen LogP contribution is -2.02. The summed E-state index contributed by atoms with van der Waals surface area (Å²) in [5.41, 5.74) is 3.98. The number of carboxylic acids is 1. The van der Waals surface area contributed by atoms with Gasteiger partial charge in [0.15, 0.2) is 0 Å². The average molecular weight is 347 g/mol. The van der Waals surface area contributed by atoms with E-state index in [1.165, 1.54) is 0 Å². The summed E-state index contributed by atoms with van der Waals surface area (Å²) in [6, 6.07) is 25.6. The normalized spacial score (nSPS) is 10.3. The molecule has 4 nitrogen and oxygen atoms in total. The third-order valence-corrected chi connectivity index (χ3v) is 3.96. The standard InChI is InChI=1S/C22H21NO3/c24-22(25)14-13-18-8-4-5-12-21(18)26-16-17-7-6-11-20(15-17)23-19-9-2-1-3-10-19/h1-12,15,23H,13-14,16H2,(H,24,25). The van der Waals surface area contributed by atoms with E-state index in [0.717, 1.165) is 28.3 Å². The van der Waals surface area contributed by atoms with E-state index in [9.17, 15) is 4.79 Å². The predicted molar refractivity (Wildman–Crippen MR) is 103 cm³/mol. The molecule has 26 heavy (non-hydrogen) atoms. The van der Waals surface area contributed by atoms with Gasteiger partial charge in [0.2, 0.25) is 0 Å². The highest BCUT2D eigenvalue weighted by atomic mass is 16.5. The molecule has 0 saturated carbocycles. The van der Waals surface area contributed by atoms with Crippen molar-refractivity contribution in [1.29, 1.82) is 0 Å². The minimum atomic E-state index is -0.806. The fraction of sp³-hybridized carbons (Fsp3) is 0.136. The van der Waals surface area contributed by atoms with Crippen LogP contribution in [0.1, 0.15) is 17.5 Å². The van der Waals surface area contributed by atoms with Gasteiger partial charge in [0, 0.05) is 17.8 Å². The number of anilines is 2. The van der Waals surface area contributed by atoms with Crippen molar-refractivity contribution in [3.8, 4) is 5.75 Å². The maximum atomic E-state index is 10.8. The highest BCUT2D eigenvalue weighted by Crippen LogP contribution is 2.22. The van der Waals surface area contributed by atoms with Crippen LogP contribution in [0.2, 0.25) is 0 Å². The van der Waals surface area contributed by atoms with Crippen molar-refractivity contribution >= 4 is 17.3 Å². The summed E-state index contributed by atoms with van der Waals surface area (Å²) >= 11 is 0. The van der Waals surface area contributed by atoms with Gasteiger partial charge in [0.25, 0.3) is 0 Å². The fourth-order valence-corrected chi connectivity index (χ4v) is 2.68. The molecule has 0 amide bonds. The van der Waals surface area contributed by atoms with E-state index >= 15 is 0 Å². The summed E-state index contributed by atoms with van der Waals surface area (Å²) in [7, 11) is 0. The fourth-order valence-electron chi connectivity index (χ4n) is 2.68. The van der Waals surface area contributed by atoms with Crippen molar-refractivity contribution in [2.45, 2.75) is 19.4 Å². The molecule has 3 aromatic rings. The molecule has 0 heterocycles. The van der Waals surface area contributed by atoms with Crippen LogP contribution >= 0.6 is 0 Å². The van der Waals surface area contributed by atoms with Crippen molar-refractivity contribution < 1.29 is 14.6 Å². The first-order chi connectivity index (χ1) is 12.7. The van der Waals surface area contributed by atoms with Crippen LogP contribution < -0.4 is 10.1 Å². The number of aliphatic carboxylic acids is 1. The van der Waals surface area contributed by atoms with Crippen LogP contribution in [-0.4, -0.2) is 11.1 Å². The molecule has 0 fully saturated rings. The topological polar surface area (TPSA) is 58.6 Å². The van der Waals surface area contributed by atoms with Crippen LogP contribution in [0, 0.1) is 0 Å². The van der Waals surface area contributed by atoms with Gasteiger partial charge in [-0.2, -0.15) is 0 Å². The van der Waals surface area contributed by atoms with Crippen molar-refractivity contribution in [2.75, 3.05) is 5.32 Å². The number of carboxylic acid groups (broad SMARTS) is 1. The van der Waals surface area contributed by atoms with E-state index in [1.54, 1.807) is 0 Å². The molecule has 0 aromatic heterocycles. The highest BCUT2D eigenvalue weighted by molar-refractivity contribution is 5.67. The molecule has 132 valence electrons. The first-order valence-corrected chi connectivity index (χ1v) is 8.54. The van der Waals surface area contributed by atoms with Gasteiger partial charge in [-0.05, 0) is 47.9 Å². The van der Waals surface area contributed by atoms with E-state index in [-0.39, 0.29) is 6.42 Å². The number of carbonyl (C=O) groups is 1. The van der Waals surface area contributed by atoms with Gasteiger partial charge in [0.05, 0.1) is 0 Å². The zero-order valence-electron chi connectivity index (χ0n) is 14.4. The summed E-state index contributed by atoms with van der Waals surface area (Å²) in [4.78, 5) is 10.8. The van der Waals surface area contributed by atoms with Gasteiger partial charge in [-0.1, -0.05) is 48.5 Å². The molecule has 0 aliphatic carbocycles. The third-order valence-electron chi connectivity index (χ3n) is 3.96. The molecule has 2 N–H and O–H groups in total. The molecule has 0 spiro atoms. The first kappa shape index (κ1) is 17.5. The quantitative estimate of drug-likeness (QED) is 0.600. The summed E-state index contributed by atoms with van der Waals surface area (Å²) in [6.45, 7) is 0.425. The molecule has 0 aliphatic rings. The molecular weight excluding hydrogens is 326 g/mol. The maximum absolute atomic E-state index is 10.8. The number of rotatable bonds is 8. The van der Waals surface area contributed by atoms with Gasteiger partial charge in [-0.25, -0.2) is 0 Å². The van der Waals surface area contributed by atoms with Crippen LogP contribution in [0.25, 0.3) is 0 Å². The second-order valence-electron chi connectivity index (χ2n) is 5.98. The highest BCUT2D eigenvalue weighted by Gasteiger charge is 2.06. The van der Waals surface area contributed by atoms with Crippen molar-refractivity contribution in [1.82, 2.24) is 0 Å². The van der Waals surface area contributed by atoms with Gasteiger partial charge >= 0.3 is 5.97 Å². The number of hydrogen-bond acceptors (Lipinski definition) is 3. The Labute approximate surface area is 153 Å². The molecule has 0 unspecified atom stereocenters. The molecule has 3 aromatic carbocycles. The predicted octanol–water partition coefficient (Wildman–Crippen LogP) is 5.03. The Balaban J connectivity index is 1.65. The molecule has 3 rings (SSSR count). The Morgan fingerprint density at radius 1 is 0.885 bits per heavy atom. The monoisotopic (exact) mass is 347 g/mol. The van der Waals surface area contributed by atoms with Crippen LogP contribution in [0.5, 0.6) is 5.75 Å². The van der Waals surface area contributed by atoms with Crippen LogP contribution in [0.15, 0.2) is 78.9 Å². The Kier molecular flexibility index (Phi) is 5.88. The lowest BCUT2D eigenvalue weighted by molar-refractivity contribution is -0.136. The lowest BCUT2D eigenvalue weighted by atomic mass is 10.1. The van der Waals surface area contributed by atoms with Gasteiger partial charge in [-0.3, -0.25) is 4.79 Å². The Morgan fingerprint density at radius 3 is 2.42 bits per heavy atom. The summed E-state index contributed by atoms with van der Waals surface area (Å²) in [6.07, 6.45) is 0.554. The molecule has 0 radical (unpaired) electrons. The minimum Gasteiger partial charge on any atom is -0.489 e. The zero-order chi connectivity index (χ0) is 18.2. The number of nitrogens with one attached hydrogen (secondary N) is 1. The van der Waals surface area contributed by atoms with E-state index in [2.05, 4.69) is 5.32 Å². The number of hydrogen-bond donors (Lipinski definition) is 2. The second kappa shape index (κ2) is 8.72. The summed E-state index contributed by atoms with van der Waals surface area (Å²) in [5, 5.41) is 12.2. The largest absolute Gasteiger partial charge is 0.489 e. The Morgan fingerprint density at radius 2 is 1.62 bits per heavy atom. The number of ether oxygens (including phenoxy) is 1. The molecule has 0 atom stereocenters. The van der Waals surface area contributed by atoms with E-state index < -0.39 is 5.97 Å². The van der Waals surface area contributed by atoms with Crippen molar-refractivity contribution in [3.05, 3.63) is 90.0 Å². The van der Waals surface area contributed by atoms with Gasteiger partial charge < -0.3 is 15.2 Å². The van der Waals surface area contributed by atoms with E-state index in [4.69, 9.17) is 9.84 Å². The summed E-state index contributed by atoms with van der Waals surface area (Å²) < 4.78 is 5.94. The van der Waals surface area contributed by atoms with Crippen molar-refractivity contribution in [2.24, 2.45) is 0 Å².